The Morgan fingerprint density at radius 1 is 0.862 bits per heavy atom. The molecule has 0 N–H and O–H groups in total. The second-order valence-corrected chi connectivity index (χ2v) is 8.40. The molecule has 3 fully saturated rings. The highest BCUT2D eigenvalue weighted by atomic mass is 19.3. The largest absolute Gasteiger partial charge is 0.289 e. The molecule has 0 spiro atoms. The molecule has 152 valence electrons. The highest BCUT2D eigenvalue weighted by molar-refractivity contribution is 5.43. The lowest BCUT2D eigenvalue weighted by molar-refractivity contribution is -0.222. The van der Waals surface area contributed by atoms with Gasteiger partial charge >= 0.3 is 0 Å². The maximum atomic E-state index is 15.3. The summed E-state index contributed by atoms with van der Waals surface area (Å²) < 4.78 is 73.8. The minimum absolute atomic E-state index is 0.100. The first kappa shape index (κ1) is 19.9. The summed E-state index contributed by atoms with van der Waals surface area (Å²) in [5, 5.41) is 0. The van der Waals surface area contributed by atoms with E-state index in [9.17, 15) is 8.78 Å². The first-order chi connectivity index (χ1) is 13.6. The van der Waals surface area contributed by atoms with Crippen molar-refractivity contribution in [2.24, 2.45) is 5.41 Å². The van der Waals surface area contributed by atoms with Crippen molar-refractivity contribution in [3.63, 3.8) is 0 Å². The van der Waals surface area contributed by atoms with Gasteiger partial charge < -0.3 is 0 Å². The predicted octanol–water partition coefficient (Wildman–Crippen LogP) is 6.42. The number of hydrogen-bond acceptors (Lipinski definition) is 0. The second-order valence-electron chi connectivity index (χ2n) is 8.40. The zero-order valence-corrected chi connectivity index (χ0v) is 16.3. The Hall–Kier alpha value is -2.35. The van der Waals surface area contributed by atoms with Crippen LogP contribution in [0.25, 0.3) is 0 Å². The summed E-state index contributed by atoms with van der Waals surface area (Å²) >= 11 is 0. The summed E-state index contributed by atoms with van der Waals surface area (Å²) in [4.78, 5) is 0. The number of fused-ring (bicyclic) bond motifs is 3. The topological polar surface area (TPSA) is 0 Å². The molecule has 1 atom stereocenters. The van der Waals surface area contributed by atoms with Crippen molar-refractivity contribution in [2.75, 3.05) is 0 Å². The lowest BCUT2D eigenvalue weighted by Crippen LogP contribution is -2.65. The Kier molecular flexibility index (Phi) is 4.53. The van der Waals surface area contributed by atoms with Crippen LogP contribution in [0.2, 0.25) is 0 Å². The Morgan fingerprint density at radius 2 is 1.48 bits per heavy atom. The first-order valence-electron chi connectivity index (χ1n) is 9.70. The Labute approximate surface area is 167 Å². The average molecular weight is 404 g/mol. The van der Waals surface area contributed by atoms with Gasteiger partial charge in [0.1, 0.15) is 0 Å². The molecule has 2 aromatic carbocycles. The third-order valence-corrected chi connectivity index (χ3v) is 6.76. The molecular formula is C24H21F5. The summed E-state index contributed by atoms with van der Waals surface area (Å²) in [6.45, 7) is 3.28. The van der Waals surface area contributed by atoms with Gasteiger partial charge in [-0.3, -0.25) is 0 Å². The lowest BCUT2D eigenvalue weighted by atomic mass is 9.49. The molecule has 1 unspecified atom stereocenters. The minimum atomic E-state index is -3.59. The van der Waals surface area contributed by atoms with Gasteiger partial charge in [-0.05, 0) is 56.7 Å². The fourth-order valence-electron chi connectivity index (χ4n) is 4.78. The van der Waals surface area contributed by atoms with Crippen LogP contribution in [0.5, 0.6) is 0 Å². The van der Waals surface area contributed by atoms with E-state index in [-0.39, 0.29) is 36.8 Å². The quantitative estimate of drug-likeness (QED) is 0.380. The van der Waals surface area contributed by atoms with E-state index in [1.54, 1.807) is 24.3 Å². The normalized spacial score (nSPS) is 30.0. The van der Waals surface area contributed by atoms with E-state index in [0.717, 1.165) is 5.56 Å². The second kappa shape index (κ2) is 6.58. The van der Waals surface area contributed by atoms with Gasteiger partial charge in [-0.15, -0.1) is 0 Å². The number of benzene rings is 2. The molecule has 0 aromatic heterocycles. The number of halogens is 5. The predicted molar refractivity (Wildman–Crippen MR) is 102 cm³/mol. The molecule has 5 rings (SSSR count). The third kappa shape index (κ3) is 2.79. The van der Waals surface area contributed by atoms with Crippen LogP contribution in [0.3, 0.4) is 0 Å². The van der Waals surface area contributed by atoms with Crippen LogP contribution in [0.1, 0.15) is 47.9 Å². The van der Waals surface area contributed by atoms with Gasteiger partial charge in [-0.25, -0.2) is 22.0 Å². The fraction of sp³-hybridized carbons (Fsp3) is 0.417. The molecule has 3 saturated carbocycles. The Bertz CT molecular complexity index is 1000. The van der Waals surface area contributed by atoms with Gasteiger partial charge in [0.05, 0.1) is 16.4 Å². The highest BCUT2D eigenvalue weighted by Crippen LogP contribution is 2.65. The van der Waals surface area contributed by atoms with Crippen LogP contribution in [0.15, 0.2) is 36.4 Å². The van der Waals surface area contributed by atoms with Crippen molar-refractivity contribution in [3.8, 4) is 11.8 Å². The van der Waals surface area contributed by atoms with Gasteiger partial charge in [-0.2, -0.15) is 0 Å². The molecule has 2 aromatic rings. The summed E-state index contributed by atoms with van der Waals surface area (Å²) in [5.74, 6) is -0.692. The van der Waals surface area contributed by atoms with Crippen molar-refractivity contribution in [2.45, 2.75) is 57.0 Å². The molecule has 0 aliphatic heterocycles. The SMILES string of the molecule is Cc1ccc(C23CCC(C#Cc4ccc(C)c(F)c4F)(CC2)C(F)C3(F)F)cc1. The van der Waals surface area contributed by atoms with Gasteiger partial charge in [0.15, 0.2) is 17.8 Å². The molecule has 3 aliphatic carbocycles. The van der Waals surface area contributed by atoms with Gasteiger partial charge in [0.25, 0.3) is 5.92 Å². The fourth-order valence-corrected chi connectivity index (χ4v) is 4.78. The zero-order valence-electron chi connectivity index (χ0n) is 16.3. The molecule has 29 heavy (non-hydrogen) atoms. The van der Waals surface area contributed by atoms with Crippen molar-refractivity contribution >= 4 is 0 Å². The number of hydrogen-bond donors (Lipinski definition) is 0. The van der Waals surface area contributed by atoms with Gasteiger partial charge in [0.2, 0.25) is 0 Å². The number of alkyl halides is 3. The highest BCUT2D eigenvalue weighted by Gasteiger charge is 2.72. The van der Waals surface area contributed by atoms with Crippen LogP contribution >= 0.6 is 0 Å². The van der Waals surface area contributed by atoms with E-state index < -0.39 is 34.6 Å². The van der Waals surface area contributed by atoms with Gasteiger partial charge in [0, 0.05) is 0 Å². The number of aryl methyl sites for hydroxylation is 2. The van der Waals surface area contributed by atoms with E-state index in [4.69, 9.17) is 0 Å². The lowest BCUT2D eigenvalue weighted by Gasteiger charge is -2.57. The Morgan fingerprint density at radius 3 is 2.10 bits per heavy atom. The molecular weight excluding hydrogens is 383 g/mol. The van der Waals surface area contributed by atoms with Crippen LogP contribution in [0, 0.1) is 42.7 Å². The Balaban J connectivity index is 1.72. The minimum Gasteiger partial charge on any atom is -0.239 e. The molecule has 0 radical (unpaired) electrons. The first-order valence-corrected chi connectivity index (χ1v) is 9.70. The molecule has 3 aliphatic rings. The van der Waals surface area contributed by atoms with Crippen molar-refractivity contribution in [3.05, 3.63) is 70.3 Å². The van der Waals surface area contributed by atoms with E-state index in [0.29, 0.717) is 5.56 Å². The molecule has 5 heteroatoms. The zero-order chi connectivity index (χ0) is 21.0. The summed E-state index contributed by atoms with van der Waals surface area (Å²) in [7, 11) is 0. The average Bonchev–Trinajstić information content (AvgIpc) is 2.71. The van der Waals surface area contributed by atoms with E-state index in [1.807, 2.05) is 6.92 Å². The molecule has 0 heterocycles. The molecule has 2 bridgehead atoms. The summed E-state index contributed by atoms with van der Waals surface area (Å²) in [6, 6.07) is 9.50. The van der Waals surface area contributed by atoms with E-state index >= 15 is 13.2 Å². The van der Waals surface area contributed by atoms with E-state index in [2.05, 4.69) is 11.8 Å². The van der Waals surface area contributed by atoms with Crippen LogP contribution < -0.4 is 0 Å². The molecule has 0 saturated heterocycles. The summed E-state index contributed by atoms with van der Waals surface area (Å²) in [6.07, 6.45) is -1.96. The van der Waals surface area contributed by atoms with Crippen LogP contribution in [-0.4, -0.2) is 12.1 Å². The standard InChI is InChI=1S/C24H21F5/c1-15-3-7-18(8-4-15)23-13-11-22(12-14-23,21(27)24(23,28)29)10-9-17-6-5-16(2)19(25)20(17)26/h3-8,21H,11-14H2,1-2H3. The third-order valence-electron chi connectivity index (χ3n) is 6.76. The van der Waals surface area contributed by atoms with Crippen molar-refractivity contribution in [1.82, 2.24) is 0 Å². The monoisotopic (exact) mass is 404 g/mol. The van der Waals surface area contributed by atoms with Crippen LogP contribution in [-0.2, 0) is 5.41 Å². The molecule has 0 nitrogen and oxygen atoms in total. The molecule has 0 amide bonds. The van der Waals surface area contributed by atoms with Crippen molar-refractivity contribution < 1.29 is 22.0 Å². The maximum Gasteiger partial charge on any atom is 0.289 e. The maximum absolute atomic E-state index is 15.3. The van der Waals surface area contributed by atoms with Gasteiger partial charge in [-0.1, -0.05) is 47.7 Å². The van der Waals surface area contributed by atoms with E-state index in [1.165, 1.54) is 19.1 Å². The smallest absolute Gasteiger partial charge is 0.239 e. The summed E-state index contributed by atoms with van der Waals surface area (Å²) in [5.41, 5.74) is -1.82. The van der Waals surface area contributed by atoms with Crippen molar-refractivity contribution in [1.29, 1.82) is 0 Å². The van der Waals surface area contributed by atoms with Crippen LogP contribution in [0.4, 0.5) is 22.0 Å². The number of rotatable bonds is 1.